The first kappa shape index (κ1) is 21.5. The molecule has 2 rings (SSSR count). The van der Waals surface area contributed by atoms with Gasteiger partial charge < -0.3 is 19.5 Å². The van der Waals surface area contributed by atoms with Crippen molar-refractivity contribution < 1.29 is 28.6 Å². The normalized spacial score (nSPS) is 14.8. The van der Waals surface area contributed by atoms with Gasteiger partial charge in [-0.05, 0) is 53.5 Å². The number of hydrogen-bond donors (Lipinski definition) is 1. The summed E-state index contributed by atoms with van der Waals surface area (Å²) in [4.78, 5) is 36.8. The van der Waals surface area contributed by atoms with E-state index in [4.69, 9.17) is 14.2 Å². The molecule has 0 aliphatic carbocycles. The average molecular weight is 453 g/mol. The Morgan fingerprint density at radius 2 is 2.00 bits per heavy atom. The van der Waals surface area contributed by atoms with Crippen molar-refractivity contribution in [3.63, 3.8) is 0 Å². The van der Waals surface area contributed by atoms with Crippen LogP contribution in [0.2, 0.25) is 0 Å². The highest BCUT2D eigenvalue weighted by atomic mass is 79.9. The quantitative estimate of drug-likeness (QED) is 0.268. The van der Waals surface area contributed by atoms with Gasteiger partial charge in [0.2, 0.25) is 0 Å². The van der Waals surface area contributed by atoms with Crippen LogP contribution in [0.25, 0.3) is 6.08 Å². The molecule has 0 spiro atoms. The van der Waals surface area contributed by atoms with Gasteiger partial charge in [0.25, 0.3) is 5.91 Å². The molecule has 150 valence electrons. The fraction of sp³-hybridized carbons (Fsp3) is 0.316. The van der Waals surface area contributed by atoms with Gasteiger partial charge in [-0.25, -0.2) is 9.59 Å². The lowest BCUT2D eigenvalue weighted by Crippen LogP contribution is -2.30. The number of rotatable bonds is 9. The molecule has 1 saturated heterocycles. The Balaban J connectivity index is 2.29. The Morgan fingerprint density at radius 1 is 1.25 bits per heavy atom. The van der Waals surface area contributed by atoms with Gasteiger partial charge >= 0.3 is 12.0 Å². The predicted octanol–water partition coefficient (Wildman–Crippen LogP) is 2.87. The SMILES string of the molecule is C=CCN1C(=O)N/C(=C/c2cc(Br)c(OCC(=O)OCC)c(OCC)c2)C1=O. The van der Waals surface area contributed by atoms with Crippen LogP contribution in [-0.4, -0.2) is 49.2 Å². The molecule has 0 aromatic heterocycles. The third-order valence-corrected chi connectivity index (χ3v) is 4.15. The monoisotopic (exact) mass is 452 g/mol. The number of urea groups is 1. The molecule has 1 aromatic carbocycles. The maximum absolute atomic E-state index is 12.3. The minimum Gasteiger partial charge on any atom is -0.490 e. The maximum atomic E-state index is 12.3. The molecule has 1 aliphatic rings. The van der Waals surface area contributed by atoms with Crippen LogP contribution in [0.3, 0.4) is 0 Å². The molecular formula is C19H21BrN2O6. The van der Waals surface area contributed by atoms with Crippen molar-refractivity contribution in [3.8, 4) is 11.5 Å². The lowest BCUT2D eigenvalue weighted by atomic mass is 10.1. The topological polar surface area (TPSA) is 94.2 Å². The standard InChI is InChI=1S/C19H21BrN2O6/c1-4-7-22-18(24)14(21-19(22)25)9-12-8-13(20)17(15(10-12)26-5-2)28-11-16(23)27-6-3/h4,8-10H,1,5-7,11H2,2-3H3,(H,21,25)/b14-9+. The summed E-state index contributed by atoms with van der Waals surface area (Å²) in [6.07, 6.45) is 3.01. The summed E-state index contributed by atoms with van der Waals surface area (Å²) in [5, 5.41) is 2.53. The number of nitrogens with zero attached hydrogens (tertiary/aromatic N) is 1. The first-order valence-electron chi connectivity index (χ1n) is 8.61. The number of ether oxygens (including phenoxy) is 3. The van der Waals surface area contributed by atoms with Gasteiger partial charge in [0.05, 0.1) is 17.7 Å². The first-order valence-corrected chi connectivity index (χ1v) is 9.40. The molecule has 1 aliphatic heterocycles. The highest BCUT2D eigenvalue weighted by Crippen LogP contribution is 2.37. The van der Waals surface area contributed by atoms with E-state index in [2.05, 4.69) is 27.8 Å². The van der Waals surface area contributed by atoms with Crippen molar-refractivity contribution in [2.45, 2.75) is 13.8 Å². The zero-order chi connectivity index (χ0) is 20.7. The van der Waals surface area contributed by atoms with Crippen LogP contribution in [0.4, 0.5) is 4.79 Å². The minimum absolute atomic E-state index is 0.122. The molecule has 1 heterocycles. The van der Waals surface area contributed by atoms with Crippen LogP contribution in [0.5, 0.6) is 11.5 Å². The highest BCUT2D eigenvalue weighted by Gasteiger charge is 2.32. The molecule has 28 heavy (non-hydrogen) atoms. The number of carbonyl (C=O) groups is 3. The summed E-state index contributed by atoms with van der Waals surface area (Å²) < 4.78 is 16.5. The molecule has 0 atom stereocenters. The molecule has 3 amide bonds. The Hall–Kier alpha value is -2.81. The molecular weight excluding hydrogens is 432 g/mol. The Labute approximate surface area is 171 Å². The van der Waals surface area contributed by atoms with Crippen LogP contribution in [0, 0.1) is 0 Å². The maximum Gasteiger partial charge on any atom is 0.344 e. The van der Waals surface area contributed by atoms with Crippen LogP contribution < -0.4 is 14.8 Å². The summed E-state index contributed by atoms with van der Waals surface area (Å²) in [5.74, 6) is -0.217. The Kier molecular flexibility index (Phi) is 7.62. The van der Waals surface area contributed by atoms with Crippen LogP contribution in [-0.2, 0) is 14.3 Å². The zero-order valence-electron chi connectivity index (χ0n) is 15.6. The van der Waals surface area contributed by atoms with Crippen molar-refractivity contribution in [1.82, 2.24) is 10.2 Å². The molecule has 8 nitrogen and oxygen atoms in total. The molecule has 0 radical (unpaired) electrons. The van der Waals surface area contributed by atoms with Crippen molar-refractivity contribution in [3.05, 3.63) is 40.5 Å². The van der Waals surface area contributed by atoms with Crippen LogP contribution >= 0.6 is 15.9 Å². The Morgan fingerprint density at radius 3 is 2.64 bits per heavy atom. The summed E-state index contributed by atoms with van der Waals surface area (Å²) in [7, 11) is 0. The number of nitrogens with one attached hydrogen (secondary N) is 1. The molecule has 1 aromatic rings. The number of carbonyl (C=O) groups excluding carboxylic acids is 3. The summed E-state index contributed by atoms with van der Waals surface area (Å²) in [6, 6.07) is 2.83. The minimum atomic E-state index is -0.505. The van der Waals surface area contributed by atoms with Crippen molar-refractivity contribution >= 4 is 39.9 Å². The Bertz CT molecular complexity index is 821. The molecule has 1 fully saturated rings. The first-order chi connectivity index (χ1) is 13.4. The van der Waals surface area contributed by atoms with E-state index >= 15 is 0 Å². The number of esters is 1. The third-order valence-electron chi connectivity index (χ3n) is 3.56. The van der Waals surface area contributed by atoms with Gasteiger partial charge in [0.1, 0.15) is 5.70 Å². The summed E-state index contributed by atoms with van der Waals surface area (Å²) in [5.41, 5.74) is 0.740. The van der Waals surface area contributed by atoms with Gasteiger partial charge in [0.15, 0.2) is 18.1 Å². The van der Waals surface area contributed by atoms with Gasteiger partial charge in [-0.2, -0.15) is 0 Å². The van der Waals surface area contributed by atoms with Crippen molar-refractivity contribution in [2.75, 3.05) is 26.4 Å². The van der Waals surface area contributed by atoms with E-state index < -0.39 is 17.9 Å². The number of imide groups is 1. The second-order valence-electron chi connectivity index (χ2n) is 5.55. The molecule has 0 unspecified atom stereocenters. The smallest absolute Gasteiger partial charge is 0.344 e. The number of amides is 3. The number of benzene rings is 1. The summed E-state index contributed by atoms with van der Waals surface area (Å²) in [6.45, 7) is 7.53. The zero-order valence-corrected chi connectivity index (χ0v) is 17.2. The van der Waals surface area contributed by atoms with E-state index in [0.29, 0.717) is 28.1 Å². The van der Waals surface area contributed by atoms with Gasteiger partial charge in [-0.1, -0.05) is 6.08 Å². The van der Waals surface area contributed by atoms with Crippen molar-refractivity contribution in [1.29, 1.82) is 0 Å². The average Bonchev–Trinajstić information content (AvgIpc) is 2.89. The van der Waals surface area contributed by atoms with E-state index in [1.165, 1.54) is 12.2 Å². The highest BCUT2D eigenvalue weighted by molar-refractivity contribution is 9.10. The number of halogens is 1. The van der Waals surface area contributed by atoms with E-state index in [1.54, 1.807) is 19.1 Å². The third kappa shape index (κ3) is 5.13. The fourth-order valence-electron chi connectivity index (χ4n) is 2.44. The fourth-order valence-corrected chi connectivity index (χ4v) is 3.02. The van der Waals surface area contributed by atoms with E-state index in [9.17, 15) is 14.4 Å². The van der Waals surface area contributed by atoms with E-state index in [1.807, 2.05) is 6.92 Å². The van der Waals surface area contributed by atoms with Crippen molar-refractivity contribution in [2.24, 2.45) is 0 Å². The molecule has 0 saturated carbocycles. The van der Waals surface area contributed by atoms with Gasteiger partial charge in [0, 0.05) is 6.54 Å². The van der Waals surface area contributed by atoms with Gasteiger partial charge in [-0.3, -0.25) is 9.69 Å². The molecule has 9 heteroatoms. The summed E-state index contributed by atoms with van der Waals surface area (Å²) >= 11 is 3.39. The molecule has 0 bridgehead atoms. The number of hydrogen-bond acceptors (Lipinski definition) is 6. The predicted molar refractivity (Wildman–Crippen MR) is 106 cm³/mol. The van der Waals surface area contributed by atoms with E-state index in [-0.39, 0.29) is 25.5 Å². The lowest BCUT2D eigenvalue weighted by molar-refractivity contribution is -0.145. The van der Waals surface area contributed by atoms with Gasteiger partial charge in [-0.15, -0.1) is 6.58 Å². The second kappa shape index (κ2) is 9.93. The molecule has 1 N–H and O–H groups in total. The lowest BCUT2D eigenvalue weighted by Gasteiger charge is -2.14. The second-order valence-corrected chi connectivity index (χ2v) is 6.40. The van der Waals surface area contributed by atoms with Crippen LogP contribution in [0.1, 0.15) is 19.4 Å². The van der Waals surface area contributed by atoms with E-state index in [0.717, 1.165) is 4.90 Å². The van der Waals surface area contributed by atoms with Crippen LogP contribution in [0.15, 0.2) is 35.0 Å². The largest absolute Gasteiger partial charge is 0.490 e.